The minimum absolute atomic E-state index is 0. The van der Waals surface area contributed by atoms with Gasteiger partial charge in [0.25, 0.3) is 0 Å². The van der Waals surface area contributed by atoms with E-state index >= 15 is 0 Å². The quantitative estimate of drug-likeness (QED) is 0.429. The van der Waals surface area contributed by atoms with Crippen molar-refractivity contribution in [2.75, 3.05) is 0 Å². The smallest absolute Gasteiger partial charge is 0.550 e. The molecule has 0 aliphatic heterocycles. The van der Waals surface area contributed by atoms with E-state index in [-0.39, 0.29) is 36.0 Å². The molecule has 1 N–H and O–H groups in total. The summed E-state index contributed by atoms with van der Waals surface area (Å²) in [5.74, 6) is -0.185. The summed E-state index contributed by atoms with van der Waals surface area (Å²) in [6.45, 7) is 2.24. The third kappa shape index (κ3) is 11.0. The Hall–Kier alpha value is -0.320. The fourth-order valence-electron chi connectivity index (χ4n) is 2.37. The number of carbonyl (C=O) groups excluding carboxylic acids is 1. The van der Waals surface area contributed by atoms with E-state index in [4.69, 9.17) is 0 Å². The number of nitrogens with one attached hydrogen (secondary N) is 1. The number of imidazole rings is 1. The fourth-order valence-corrected chi connectivity index (χ4v) is 2.37. The molecule has 21 heavy (non-hydrogen) atoms. The monoisotopic (exact) mass is 302 g/mol. The molecule has 0 bridgehead atoms. The van der Waals surface area contributed by atoms with Crippen LogP contribution in [0.1, 0.15) is 76.2 Å². The van der Waals surface area contributed by atoms with Crippen LogP contribution in [0.2, 0.25) is 0 Å². The van der Waals surface area contributed by atoms with E-state index in [1.807, 2.05) is 0 Å². The second-order valence-electron chi connectivity index (χ2n) is 5.47. The normalized spacial score (nSPS) is 10.3. The van der Waals surface area contributed by atoms with Crippen LogP contribution in [0, 0.1) is 0 Å². The summed E-state index contributed by atoms with van der Waals surface area (Å²) < 4.78 is 0. The van der Waals surface area contributed by atoms with E-state index in [1.54, 1.807) is 6.20 Å². The van der Waals surface area contributed by atoms with Crippen LogP contribution in [0.15, 0.2) is 6.20 Å². The number of unbranched alkanes of at least 4 members (excludes halogenated alkanes) is 8. The molecule has 0 saturated carbocycles. The molecule has 0 unspecified atom stereocenters. The first-order chi connectivity index (χ1) is 9.72. The fraction of sp³-hybridized carbons (Fsp3) is 0.750. The molecule has 1 aromatic rings. The maximum atomic E-state index is 10.4. The molecule has 0 aromatic carbocycles. The van der Waals surface area contributed by atoms with Gasteiger partial charge in [0.15, 0.2) is 0 Å². The Morgan fingerprint density at radius 1 is 1.10 bits per heavy atom. The number of aromatic nitrogens is 2. The number of nitrogens with zero attached hydrogens (tertiary/aromatic N) is 1. The van der Waals surface area contributed by atoms with Gasteiger partial charge < -0.3 is 14.9 Å². The molecule has 0 atom stereocenters. The second-order valence-corrected chi connectivity index (χ2v) is 5.47. The van der Waals surface area contributed by atoms with Gasteiger partial charge in [-0.15, -0.1) is 0 Å². The summed E-state index contributed by atoms with van der Waals surface area (Å²) in [6.07, 6.45) is 14.2. The number of aromatic amines is 1. The van der Waals surface area contributed by atoms with Gasteiger partial charge in [-0.3, -0.25) is 0 Å². The van der Waals surface area contributed by atoms with Gasteiger partial charge in [0, 0.05) is 25.0 Å². The predicted octanol–water partition coefficient (Wildman–Crippen LogP) is -0.221. The van der Waals surface area contributed by atoms with Gasteiger partial charge in [0.2, 0.25) is 0 Å². The first-order valence-corrected chi connectivity index (χ1v) is 7.95. The third-order valence-electron chi connectivity index (χ3n) is 3.53. The van der Waals surface area contributed by atoms with E-state index < -0.39 is 5.97 Å². The molecule has 0 aliphatic carbocycles. The number of carboxylic acids is 1. The van der Waals surface area contributed by atoms with Crippen LogP contribution < -0.4 is 34.7 Å². The first kappa shape index (κ1) is 20.7. The van der Waals surface area contributed by atoms with Crippen LogP contribution in [0.25, 0.3) is 0 Å². The Kier molecular flexibility index (Phi) is 13.1. The SMILES string of the molecule is CCCCCCCCCCCc1nc(CC(=O)[O-])c[nH]1.[Na+]. The van der Waals surface area contributed by atoms with Gasteiger partial charge >= 0.3 is 29.6 Å². The zero-order valence-corrected chi connectivity index (χ0v) is 15.6. The molecular weight excluding hydrogens is 275 g/mol. The summed E-state index contributed by atoms with van der Waals surface area (Å²) in [6, 6.07) is 0. The molecule has 0 aliphatic rings. The number of hydrogen-bond donors (Lipinski definition) is 1. The average Bonchev–Trinajstić information content (AvgIpc) is 2.83. The van der Waals surface area contributed by atoms with Gasteiger partial charge in [-0.1, -0.05) is 58.3 Å². The summed E-state index contributed by atoms with van der Waals surface area (Å²) in [4.78, 5) is 17.7. The van der Waals surface area contributed by atoms with E-state index in [0.717, 1.165) is 18.7 Å². The van der Waals surface area contributed by atoms with Crippen molar-refractivity contribution in [3.8, 4) is 0 Å². The molecule has 1 rings (SSSR count). The van der Waals surface area contributed by atoms with Crippen molar-refractivity contribution >= 4 is 5.97 Å². The molecule has 5 heteroatoms. The molecule has 4 nitrogen and oxygen atoms in total. The Bertz CT molecular complexity index is 380. The summed E-state index contributed by atoms with van der Waals surface area (Å²) in [5, 5.41) is 10.4. The number of carboxylic acid groups (broad SMARTS) is 1. The number of aliphatic carboxylic acids is 1. The van der Waals surface area contributed by atoms with Crippen LogP contribution in [0.4, 0.5) is 0 Å². The van der Waals surface area contributed by atoms with Crippen LogP contribution in [-0.4, -0.2) is 15.9 Å². The first-order valence-electron chi connectivity index (χ1n) is 7.95. The number of rotatable bonds is 12. The van der Waals surface area contributed by atoms with E-state index in [0.29, 0.717) is 5.69 Å². The average molecular weight is 302 g/mol. The van der Waals surface area contributed by atoms with Crippen LogP contribution in [0.3, 0.4) is 0 Å². The largest absolute Gasteiger partial charge is 1.00 e. The molecule has 0 saturated heterocycles. The number of H-pyrrole nitrogens is 1. The molecule has 1 aromatic heterocycles. The summed E-state index contributed by atoms with van der Waals surface area (Å²) in [7, 11) is 0. The van der Waals surface area contributed by atoms with Gasteiger partial charge in [0.05, 0.1) is 5.69 Å². The molecule has 1 heterocycles. The van der Waals surface area contributed by atoms with E-state index in [2.05, 4.69) is 16.9 Å². The number of aryl methyl sites for hydroxylation is 1. The maximum absolute atomic E-state index is 10.4. The van der Waals surface area contributed by atoms with Crippen molar-refractivity contribution in [1.82, 2.24) is 9.97 Å². The molecule has 0 fully saturated rings. The van der Waals surface area contributed by atoms with Crippen LogP contribution in [-0.2, 0) is 17.6 Å². The molecule has 0 radical (unpaired) electrons. The Balaban J connectivity index is 0.00000400. The third-order valence-corrected chi connectivity index (χ3v) is 3.53. The van der Waals surface area contributed by atoms with Crippen LogP contribution >= 0.6 is 0 Å². The number of hydrogen-bond acceptors (Lipinski definition) is 3. The van der Waals surface area contributed by atoms with Gasteiger partial charge in [-0.2, -0.15) is 0 Å². The topological polar surface area (TPSA) is 68.8 Å². The van der Waals surface area contributed by atoms with E-state index in [1.165, 1.54) is 51.4 Å². The molecule has 114 valence electrons. The summed E-state index contributed by atoms with van der Waals surface area (Å²) in [5.41, 5.74) is 0.566. The Labute approximate surface area is 150 Å². The standard InChI is InChI=1S/C16H28N2O2.Na/c1-2-3-4-5-6-7-8-9-10-11-15-17-13-14(18-15)12-16(19)20;/h13H,2-12H2,1H3,(H,17,18)(H,19,20);/q;+1/p-1. The van der Waals surface area contributed by atoms with Gasteiger partial charge in [-0.25, -0.2) is 4.98 Å². The van der Waals surface area contributed by atoms with Crippen molar-refractivity contribution in [3.05, 3.63) is 17.7 Å². The number of carbonyl (C=O) groups is 1. The van der Waals surface area contributed by atoms with Crippen molar-refractivity contribution in [2.24, 2.45) is 0 Å². The minimum atomic E-state index is -1.08. The van der Waals surface area contributed by atoms with Crippen LogP contribution in [0.5, 0.6) is 0 Å². The van der Waals surface area contributed by atoms with E-state index in [9.17, 15) is 9.90 Å². The van der Waals surface area contributed by atoms with Crippen molar-refractivity contribution < 1.29 is 39.5 Å². The predicted molar refractivity (Wildman–Crippen MR) is 78.2 cm³/mol. The minimum Gasteiger partial charge on any atom is -0.550 e. The Morgan fingerprint density at radius 3 is 2.24 bits per heavy atom. The second kappa shape index (κ2) is 13.4. The van der Waals surface area contributed by atoms with Gasteiger partial charge in [0.1, 0.15) is 5.82 Å². The zero-order valence-electron chi connectivity index (χ0n) is 13.6. The Morgan fingerprint density at radius 2 is 1.67 bits per heavy atom. The van der Waals surface area contributed by atoms with Crippen molar-refractivity contribution in [3.63, 3.8) is 0 Å². The molecule has 0 spiro atoms. The van der Waals surface area contributed by atoms with Gasteiger partial charge in [-0.05, 0) is 6.42 Å². The van der Waals surface area contributed by atoms with Crippen molar-refractivity contribution in [2.45, 2.75) is 77.6 Å². The van der Waals surface area contributed by atoms with Crippen molar-refractivity contribution in [1.29, 1.82) is 0 Å². The maximum Gasteiger partial charge on any atom is 1.00 e. The zero-order chi connectivity index (χ0) is 14.6. The molecular formula is C16H27N2NaO2. The summed E-state index contributed by atoms with van der Waals surface area (Å²) >= 11 is 0. The molecule has 0 amide bonds.